The van der Waals surface area contributed by atoms with Crippen molar-refractivity contribution < 1.29 is 14.0 Å². The molecule has 1 unspecified atom stereocenters. The molecule has 1 atom stereocenters. The monoisotopic (exact) mass is 346 g/mol. The highest BCUT2D eigenvalue weighted by molar-refractivity contribution is 6.30. The first-order valence-corrected chi connectivity index (χ1v) is 8.03. The molecule has 4 nitrogen and oxygen atoms in total. The van der Waals surface area contributed by atoms with Gasteiger partial charge in [0.1, 0.15) is 11.9 Å². The molecule has 0 aromatic heterocycles. The van der Waals surface area contributed by atoms with Gasteiger partial charge in [0.25, 0.3) is 0 Å². The number of carbonyl (C=O) groups excluding carboxylic acids is 2. The lowest BCUT2D eigenvalue weighted by molar-refractivity contribution is -0.124. The number of amides is 2. The minimum Gasteiger partial charge on any atom is -0.350 e. The number of hydrogen-bond donors (Lipinski definition) is 1. The van der Waals surface area contributed by atoms with E-state index in [2.05, 4.69) is 5.32 Å². The number of hydrogen-bond acceptors (Lipinski definition) is 2. The Morgan fingerprint density at radius 2 is 1.92 bits per heavy atom. The molecule has 0 saturated carbocycles. The Labute approximate surface area is 144 Å². The minimum atomic E-state index is -0.592. The summed E-state index contributed by atoms with van der Waals surface area (Å²) in [6.07, 6.45) is 0.741. The van der Waals surface area contributed by atoms with Gasteiger partial charge in [-0.2, -0.15) is 0 Å². The van der Waals surface area contributed by atoms with Gasteiger partial charge in [0, 0.05) is 29.2 Å². The van der Waals surface area contributed by atoms with E-state index < -0.39 is 6.04 Å². The topological polar surface area (TPSA) is 49.4 Å². The van der Waals surface area contributed by atoms with Crippen molar-refractivity contribution >= 4 is 29.1 Å². The molecule has 1 fully saturated rings. The Balaban J connectivity index is 1.72. The molecule has 1 aliphatic rings. The first kappa shape index (κ1) is 16.5. The summed E-state index contributed by atoms with van der Waals surface area (Å²) in [6.45, 7) is 0.0880. The van der Waals surface area contributed by atoms with E-state index in [0.717, 1.165) is 0 Å². The number of carbonyl (C=O) groups is 2. The molecule has 1 aliphatic heterocycles. The van der Waals surface area contributed by atoms with E-state index in [1.807, 2.05) is 0 Å². The third-order valence-corrected chi connectivity index (χ3v) is 4.28. The van der Waals surface area contributed by atoms with Gasteiger partial charge in [-0.25, -0.2) is 4.39 Å². The average molecular weight is 347 g/mol. The van der Waals surface area contributed by atoms with Gasteiger partial charge in [0.15, 0.2) is 0 Å². The van der Waals surface area contributed by atoms with Crippen LogP contribution in [-0.2, 0) is 16.1 Å². The van der Waals surface area contributed by atoms with Gasteiger partial charge in [-0.05, 0) is 36.8 Å². The van der Waals surface area contributed by atoms with Crippen LogP contribution >= 0.6 is 11.6 Å². The van der Waals surface area contributed by atoms with Crippen LogP contribution in [0.5, 0.6) is 0 Å². The van der Waals surface area contributed by atoms with Crippen molar-refractivity contribution in [2.24, 2.45) is 0 Å². The first-order valence-electron chi connectivity index (χ1n) is 7.65. The summed E-state index contributed by atoms with van der Waals surface area (Å²) in [6, 6.07) is 12.5. The summed E-state index contributed by atoms with van der Waals surface area (Å²) >= 11 is 5.87. The normalized spacial score (nSPS) is 17.2. The van der Waals surface area contributed by atoms with Crippen molar-refractivity contribution in [3.63, 3.8) is 0 Å². The van der Waals surface area contributed by atoms with E-state index in [1.165, 1.54) is 11.0 Å². The van der Waals surface area contributed by atoms with Crippen LogP contribution in [-0.4, -0.2) is 17.9 Å². The van der Waals surface area contributed by atoms with Crippen LogP contribution in [0, 0.1) is 5.82 Å². The second-order valence-electron chi connectivity index (χ2n) is 5.60. The van der Waals surface area contributed by atoms with E-state index in [-0.39, 0.29) is 24.2 Å². The van der Waals surface area contributed by atoms with E-state index in [4.69, 9.17) is 11.6 Å². The molecular weight excluding hydrogens is 331 g/mol. The van der Waals surface area contributed by atoms with Gasteiger partial charge in [-0.1, -0.05) is 29.8 Å². The number of nitrogens with one attached hydrogen (secondary N) is 1. The molecule has 0 bridgehead atoms. The number of nitrogens with zero attached hydrogens (tertiary/aromatic N) is 1. The summed E-state index contributed by atoms with van der Waals surface area (Å²) in [5.74, 6) is -0.766. The zero-order valence-electron chi connectivity index (χ0n) is 12.8. The summed E-state index contributed by atoms with van der Waals surface area (Å²) in [5, 5.41) is 3.28. The van der Waals surface area contributed by atoms with Gasteiger partial charge >= 0.3 is 0 Å². The standard InChI is InChI=1S/C18H16ClFN2O2/c19-13-5-7-14(8-6-13)22-16(9-10-17(22)23)18(24)21-11-12-3-1-2-4-15(12)20/h1-8,16H,9-11H2,(H,21,24). The zero-order chi connectivity index (χ0) is 17.1. The van der Waals surface area contributed by atoms with Gasteiger partial charge < -0.3 is 5.32 Å². The number of anilines is 1. The molecule has 2 amide bonds. The fourth-order valence-electron chi connectivity index (χ4n) is 2.80. The van der Waals surface area contributed by atoms with E-state index >= 15 is 0 Å². The van der Waals surface area contributed by atoms with Crippen molar-refractivity contribution in [1.82, 2.24) is 5.32 Å². The number of halogens is 2. The zero-order valence-corrected chi connectivity index (χ0v) is 13.6. The van der Waals surface area contributed by atoms with Crippen LogP contribution in [0.15, 0.2) is 48.5 Å². The summed E-state index contributed by atoms with van der Waals surface area (Å²) in [4.78, 5) is 26.1. The van der Waals surface area contributed by atoms with E-state index in [9.17, 15) is 14.0 Å². The molecule has 0 spiro atoms. The summed E-state index contributed by atoms with van der Waals surface area (Å²) in [5.41, 5.74) is 1.04. The molecule has 2 aromatic carbocycles. The lowest BCUT2D eigenvalue weighted by atomic mass is 10.1. The Morgan fingerprint density at radius 1 is 1.21 bits per heavy atom. The molecule has 124 valence electrons. The smallest absolute Gasteiger partial charge is 0.243 e. The molecule has 1 saturated heterocycles. The molecule has 1 heterocycles. The second kappa shape index (κ2) is 7.01. The average Bonchev–Trinajstić information content (AvgIpc) is 2.96. The van der Waals surface area contributed by atoms with E-state index in [0.29, 0.717) is 29.1 Å². The second-order valence-corrected chi connectivity index (χ2v) is 6.04. The maximum Gasteiger partial charge on any atom is 0.243 e. The van der Waals surface area contributed by atoms with Crippen molar-refractivity contribution in [2.75, 3.05) is 4.90 Å². The quantitative estimate of drug-likeness (QED) is 0.923. The lowest BCUT2D eigenvalue weighted by Gasteiger charge is -2.24. The number of benzene rings is 2. The van der Waals surface area contributed by atoms with E-state index in [1.54, 1.807) is 42.5 Å². The van der Waals surface area contributed by atoms with Gasteiger partial charge in [-0.15, -0.1) is 0 Å². The predicted octanol–water partition coefficient (Wildman–Crippen LogP) is 3.29. The van der Waals surface area contributed by atoms with Crippen LogP contribution in [0.25, 0.3) is 0 Å². The fourth-order valence-corrected chi connectivity index (χ4v) is 2.93. The van der Waals surface area contributed by atoms with Crippen LogP contribution in [0.4, 0.5) is 10.1 Å². The Kier molecular flexibility index (Phi) is 4.81. The largest absolute Gasteiger partial charge is 0.350 e. The highest BCUT2D eigenvalue weighted by Crippen LogP contribution is 2.28. The summed E-state index contributed by atoms with van der Waals surface area (Å²) < 4.78 is 13.6. The molecule has 1 N–H and O–H groups in total. The highest BCUT2D eigenvalue weighted by Gasteiger charge is 2.36. The molecule has 6 heteroatoms. The maximum atomic E-state index is 13.6. The lowest BCUT2D eigenvalue weighted by Crippen LogP contribution is -2.44. The third kappa shape index (κ3) is 3.41. The van der Waals surface area contributed by atoms with Crippen molar-refractivity contribution in [3.8, 4) is 0 Å². The maximum absolute atomic E-state index is 13.6. The van der Waals surface area contributed by atoms with Crippen molar-refractivity contribution in [3.05, 3.63) is 64.9 Å². The van der Waals surface area contributed by atoms with Gasteiger partial charge in [-0.3, -0.25) is 14.5 Å². The predicted molar refractivity (Wildman–Crippen MR) is 90.2 cm³/mol. The first-order chi connectivity index (χ1) is 11.6. The van der Waals surface area contributed by atoms with Crippen molar-refractivity contribution in [2.45, 2.75) is 25.4 Å². The van der Waals surface area contributed by atoms with Gasteiger partial charge in [0.05, 0.1) is 0 Å². The Hall–Kier alpha value is -2.40. The van der Waals surface area contributed by atoms with Crippen LogP contribution in [0.3, 0.4) is 0 Å². The van der Waals surface area contributed by atoms with Gasteiger partial charge in [0.2, 0.25) is 11.8 Å². The molecule has 3 rings (SSSR count). The molecule has 2 aromatic rings. The van der Waals surface area contributed by atoms with Crippen LogP contribution in [0.2, 0.25) is 5.02 Å². The minimum absolute atomic E-state index is 0.0880. The van der Waals surface area contributed by atoms with Crippen LogP contribution < -0.4 is 10.2 Å². The highest BCUT2D eigenvalue weighted by atomic mass is 35.5. The Morgan fingerprint density at radius 3 is 2.62 bits per heavy atom. The molecule has 0 radical (unpaired) electrons. The molecular formula is C18H16ClFN2O2. The SMILES string of the molecule is O=C(NCc1ccccc1F)C1CCC(=O)N1c1ccc(Cl)cc1. The summed E-state index contributed by atoms with van der Waals surface area (Å²) in [7, 11) is 0. The fraction of sp³-hybridized carbons (Fsp3) is 0.222. The Bertz CT molecular complexity index is 764. The van der Waals surface area contributed by atoms with Crippen molar-refractivity contribution in [1.29, 1.82) is 0 Å². The third-order valence-electron chi connectivity index (χ3n) is 4.03. The molecule has 24 heavy (non-hydrogen) atoms. The number of rotatable bonds is 4. The molecule has 0 aliphatic carbocycles. The van der Waals surface area contributed by atoms with Crippen LogP contribution in [0.1, 0.15) is 18.4 Å².